The van der Waals surface area contributed by atoms with Crippen molar-refractivity contribution in [2.75, 3.05) is 0 Å². The molecular weight excluding hydrogens is 268 g/mol. The molecule has 0 spiro atoms. The van der Waals surface area contributed by atoms with Crippen molar-refractivity contribution in [3.63, 3.8) is 0 Å². The van der Waals surface area contributed by atoms with Gasteiger partial charge in [0, 0.05) is 6.42 Å². The summed E-state index contributed by atoms with van der Waals surface area (Å²) >= 11 is 6.62. The molecule has 1 aromatic carbocycles. The number of fused-ring (bicyclic) bond motifs is 1. The summed E-state index contributed by atoms with van der Waals surface area (Å²) in [5.41, 5.74) is 2.52. The Kier molecular flexibility index (Phi) is 3.99. The molecule has 1 nitrogen and oxygen atoms in total. The van der Waals surface area contributed by atoms with E-state index in [1.54, 1.807) is 0 Å². The molecule has 1 aliphatic heterocycles. The van der Waals surface area contributed by atoms with Crippen molar-refractivity contribution in [2.45, 2.75) is 69.8 Å². The molecule has 0 aromatic heterocycles. The summed E-state index contributed by atoms with van der Waals surface area (Å²) < 4.78 is 5.93. The molecule has 2 aliphatic rings. The molecule has 0 saturated heterocycles. The van der Waals surface area contributed by atoms with E-state index in [0.29, 0.717) is 0 Å². The van der Waals surface area contributed by atoms with Crippen molar-refractivity contribution in [3.8, 4) is 5.75 Å². The van der Waals surface area contributed by atoms with Crippen molar-refractivity contribution < 1.29 is 4.74 Å². The van der Waals surface area contributed by atoms with Gasteiger partial charge in [0.15, 0.2) is 0 Å². The number of hydrogen-bond donors (Lipinski definition) is 0. The van der Waals surface area contributed by atoms with Gasteiger partial charge in [-0.25, -0.2) is 0 Å². The van der Waals surface area contributed by atoms with Gasteiger partial charge in [0.1, 0.15) is 11.4 Å². The lowest BCUT2D eigenvalue weighted by Crippen LogP contribution is -2.24. The van der Waals surface area contributed by atoms with Crippen LogP contribution in [0.15, 0.2) is 18.2 Å². The predicted octanol–water partition coefficient (Wildman–Crippen LogP) is 5.65. The molecule has 0 radical (unpaired) electrons. The Morgan fingerprint density at radius 3 is 2.80 bits per heavy atom. The summed E-state index contributed by atoms with van der Waals surface area (Å²) in [5, 5.41) is 0.157. The first-order valence-electron chi connectivity index (χ1n) is 7.99. The zero-order valence-corrected chi connectivity index (χ0v) is 13.4. The largest absolute Gasteiger partial charge is 0.487 e. The van der Waals surface area contributed by atoms with Crippen LogP contribution in [0.5, 0.6) is 5.75 Å². The number of ether oxygens (including phenoxy) is 1. The first kappa shape index (κ1) is 14.3. The summed E-state index contributed by atoms with van der Waals surface area (Å²) in [6, 6.07) is 6.51. The minimum absolute atomic E-state index is 0.0629. The SMILES string of the molecule is CC1(C)Cc2cc(C(Cl)CCC3CCCC3)ccc2O1. The maximum atomic E-state index is 6.62. The molecule has 1 aromatic rings. The molecule has 110 valence electrons. The number of alkyl halides is 1. The van der Waals surface area contributed by atoms with Gasteiger partial charge in [0.2, 0.25) is 0 Å². The van der Waals surface area contributed by atoms with Gasteiger partial charge >= 0.3 is 0 Å². The zero-order chi connectivity index (χ0) is 14.2. The summed E-state index contributed by atoms with van der Waals surface area (Å²) in [4.78, 5) is 0. The molecule has 1 atom stereocenters. The van der Waals surface area contributed by atoms with Gasteiger partial charge in [0.05, 0.1) is 5.38 Å². The van der Waals surface area contributed by atoms with E-state index in [2.05, 4.69) is 32.0 Å². The Morgan fingerprint density at radius 2 is 2.05 bits per heavy atom. The maximum Gasteiger partial charge on any atom is 0.123 e. The fourth-order valence-electron chi connectivity index (χ4n) is 3.67. The summed E-state index contributed by atoms with van der Waals surface area (Å²) in [7, 11) is 0. The third kappa shape index (κ3) is 3.14. The van der Waals surface area contributed by atoms with Crippen LogP contribution in [-0.4, -0.2) is 5.60 Å². The average Bonchev–Trinajstić information content (AvgIpc) is 2.99. The molecule has 0 amide bonds. The van der Waals surface area contributed by atoms with Crippen LogP contribution in [0.4, 0.5) is 0 Å². The molecule has 1 saturated carbocycles. The number of benzene rings is 1. The Hall–Kier alpha value is -0.690. The van der Waals surface area contributed by atoms with Gasteiger partial charge in [-0.15, -0.1) is 11.6 Å². The van der Waals surface area contributed by atoms with E-state index in [1.807, 2.05) is 0 Å². The molecule has 0 N–H and O–H groups in total. The van der Waals surface area contributed by atoms with Gasteiger partial charge in [0.25, 0.3) is 0 Å². The topological polar surface area (TPSA) is 9.23 Å². The van der Waals surface area contributed by atoms with E-state index in [0.717, 1.165) is 24.5 Å². The Labute approximate surface area is 127 Å². The van der Waals surface area contributed by atoms with Gasteiger partial charge in [-0.3, -0.25) is 0 Å². The summed E-state index contributed by atoms with van der Waals surface area (Å²) in [6.45, 7) is 4.29. The highest BCUT2D eigenvalue weighted by molar-refractivity contribution is 6.20. The van der Waals surface area contributed by atoms with Crippen LogP contribution in [0.25, 0.3) is 0 Å². The van der Waals surface area contributed by atoms with Crippen LogP contribution in [0, 0.1) is 5.92 Å². The van der Waals surface area contributed by atoms with E-state index in [1.165, 1.54) is 43.2 Å². The Balaban J connectivity index is 1.62. The normalized spacial score (nSPS) is 22.6. The number of hydrogen-bond acceptors (Lipinski definition) is 1. The van der Waals surface area contributed by atoms with Gasteiger partial charge in [-0.2, -0.15) is 0 Å². The molecule has 2 heteroatoms. The second kappa shape index (κ2) is 5.60. The standard InChI is InChI=1S/C18H25ClO/c1-18(2)12-15-11-14(8-10-17(15)20-18)16(19)9-7-13-5-3-4-6-13/h8,10-11,13,16H,3-7,9,12H2,1-2H3. The van der Waals surface area contributed by atoms with Gasteiger partial charge in [-0.05, 0) is 49.8 Å². The fourth-order valence-corrected chi connectivity index (χ4v) is 3.93. The van der Waals surface area contributed by atoms with E-state index in [4.69, 9.17) is 16.3 Å². The fraction of sp³-hybridized carbons (Fsp3) is 0.667. The van der Waals surface area contributed by atoms with Gasteiger partial charge < -0.3 is 4.74 Å². The van der Waals surface area contributed by atoms with Crippen LogP contribution >= 0.6 is 11.6 Å². The second-order valence-corrected chi connectivity index (χ2v) is 7.63. The highest BCUT2D eigenvalue weighted by Crippen LogP contribution is 2.39. The first-order valence-corrected chi connectivity index (χ1v) is 8.43. The maximum absolute atomic E-state index is 6.62. The molecule has 1 aliphatic carbocycles. The van der Waals surface area contributed by atoms with Crippen LogP contribution in [0.3, 0.4) is 0 Å². The molecular formula is C18H25ClO. The van der Waals surface area contributed by atoms with Crippen molar-refractivity contribution in [2.24, 2.45) is 5.92 Å². The predicted molar refractivity (Wildman–Crippen MR) is 84.6 cm³/mol. The lowest BCUT2D eigenvalue weighted by molar-refractivity contribution is 0.138. The van der Waals surface area contributed by atoms with Crippen LogP contribution < -0.4 is 4.74 Å². The molecule has 1 unspecified atom stereocenters. The van der Waals surface area contributed by atoms with Crippen LogP contribution in [0.2, 0.25) is 0 Å². The second-order valence-electron chi connectivity index (χ2n) is 7.10. The lowest BCUT2D eigenvalue weighted by atomic mass is 9.95. The van der Waals surface area contributed by atoms with Crippen molar-refractivity contribution in [1.29, 1.82) is 0 Å². The quantitative estimate of drug-likeness (QED) is 0.652. The van der Waals surface area contributed by atoms with E-state index in [9.17, 15) is 0 Å². The highest BCUT2D eigenvalue weighted by Gasteiger charge is 2.30. The Morgan fingerprint density at radius 1 is 1.30 bits per heavy atom. The first-order chi connectivity index (χ1) is 9.53. The third-order valence-corrected chi connectivity index (χ3v) is 5.22. The average molecular weight is 293 g/mol. The van der Waals surface area contributed by atoms with Crippen molar-refractivity contribution in [3.05, 3.63) is 29.3 Å². The molecule has 0 bridgehead atoms. The monoisotopic (exact) mass is 292 g/mol. The van der Waals surface area contributed by atoms with E-state index < -0.39 is 0 Å². The lowest BCUT2D eigenvalue weighted by Gasteiger charge is -2.16. The van der Waals surface area contributed by atoms with E-state index in [-0.39, 0.29) is 11.0 Å². The van der Waals surface area contributed by atoms with Crippen LogP contribution in [-0.2, 0) is 6.42 Å². The molecule has 20 heavy (non-hydrogen) atoms. The van der Waals surface area contributed by atoms with Crippen LogP contribution in [0.1, 0.15) is 68.9 Å². The zero-order valence-electron chi connectivity index (χ0n) is 12.6. The number of rotatable bonds is 4. The van der Waals surface area contributed by atoms with Crippen molar-refractivity contribution in [1.82, 2.24) is 0 Å². The highest BCUT2D eigenvalue weighted by atomic mass is 35.5. The minimum Gasteiger partial charge on any atom is -0.487 e. The summed E-state index contributed by atoms with van der Waals surface area (Å²) in [5.74, 6) is 1.96. The molecule has 3 rings (SSSR count). The van der Waals surface area contributed by atoms with Gasteiger partial charge in [-0.1, -0.05) is 37.8 Å². The minimum atomic E-state index is -0.0629. The van der Waals surface area contributed by atoms with E-state index >= 15 is 0 Å². The summed E-state index contributed by atoms with van der Waals surface area (Å²) in [6.07, 6.45) is 9.04. The number of halogens is 1. The Bertz CT molecular complexity index is 474. The smallest absolute Gasteiger partial charge is 0.123 e. The third-order valence-electron chi connectivity index (χ3n) is 4.75. The van der Waals surface area contributed by atoms with Crippen molar-refractivity contribution >= 4 is 11.6 Å². The molecule has 1 heterocycles. The molecule has 1 fully saturated rings.